The van der Waals surface area contributed by atoms with Gasteiger partial charge in [0.15, 0.2) is 0 Å². The van der Waals surface area contributed by atoms with Gasteiger partial charge < -0.3 is 10.5 Å². The fourth-order valence-electron chi connectivity index (χ4n) is 1.16. The van der Waals surface area contributed by atoms with Crippen molar-refractivity contribution in [1.29, 1.82) is 0 Å². The molecular formula is C11H13BrClNO. The highest BCUT2D eigenvalue weighted by atomic mass is 79.9. The number of halogens is 2. The van der Waals surface area contributed by atoms with Crippen LogP contribution in [0.15, 0.2) is 34.3 Å². The van der Waals surface area contributed by atoms with Crippen molar-refractivity contribution in [2.75, 3.05) is 13.2 Å². The first-order valence-electron chi connectivity index (χ1n) is 4.64. The lowest BCUT2D eigenvalue weighted by Crippen LogP contribution is -2.03. The van der Waals surface area contributed by atoms with Gasteiger partial charge in [0.05, 0.1) is 4.47 Å². The van der Waals surface area contributed by atoms with Gasteiger partial charge in [-0.05, 0) is 52.7 Å². The van der Waals surface area contributed by atoms with Crippen LogP contribution in [-0.2, 0) is 6.42 Å². The Morgan fingerprint density at radius 3 is 2.87 bits per heavy atom. The van der Waals surface area contributed by atoms with Crippen molar-refractivity contribution >= 4 is 27.5 Å². The molecule has 2 N–H and O–H groups in total. The molecule has 0 heterocycles. The van der Waals surface area contributed by atoms with Crippen LogP contribution in [0.25, 0.3) is 0 Å². The summed E-state index contributed by atoms with van der Waals surface area (Å²) in [7, 11) is 0. The molecule has 0 amide bonds. The molecule has 1 rings (SSSR count). The molecule has 0 aliphatic heterocycles. The van der Waals surface area contributed by atoms with Gasteiger partial charge in [0, 0.05) is 5.54 Å². The summed E-state index contributed by atoms with van der Waals surface area (Å²) in [5, 5.41) is 0. The molecule has 0 unspecified atom stereocenters. The van der Waals surface area contributed by atoms with Crippen molar-refractivity contribution in [3.63, 3.8) is 0 Å². The van der Waals surface area contributed by atoms with E-state index in [0.29, 0.717) is 13.2 Å². The van der Waals surface area contributed by atoms with E-state index in [4.69, 9.17) is 22.1 Å². The summed E-state index contributed by atoms with van der Waals surface area (Å²) in [5.74, 6) is 0.811. The van der Waals surface area contributed by atoms with Crippen LogP contribution in [0, 0.1) is 0 Å². The second kappa shape index (κ2) is 6.88. The van der Waals surface area contributed by atoms with E-state index in [0.717, 1.165) is 16.6 Å². The molecule has 15 heavy (non-hydrogen) atoms. The van der Waals surface area contributed by atoms with Gasteiger partial charge in [-0.1, -0.05) is 17.7 Å². The van der Waals surface area contributed by atoms with Gasteiger partial charge in [-0.25, -0.2) is 0 Å². The van der Waals surface area contributed by atoms with Crippen molar-refractivity contribution in [3.8, 4) is 5.75 Å². The number of ether oxygens (including phenoxy) is 1. The van der Waals surface area contributed by atoms with E-state index in [1.54, 1.807) is 6.08 Å². The summed E-state index contributed by atoms with van der Waals surface area (Å²) in [4.78, 5) is 0. The smallest absolute Gasteiger partial charge is 0.133 e. The molecule has 4 heteroatoms. The maximum atomic E-state index is 5.48. The second-order valence-electron chi connectivity index (χ2n) is 2.98. The maximum Gasteiger partial charge on any atom is 0.133 e. The van der Waals surface area contributed by atoms with Gasteiger partial charge in [-0.15, -0.1) is 0 Å². The van der Waals surface area contributed by atoms with Crippen molar-refractivity contribution in [2.24, 2.45) is 5.73 Å². The van der Waals surface area contributed by atoms with Crippen LogP contribution in [-0.4, -0.2) is 13.2 Å². The van der Waals surface area contributed by atoms with E-state index in [9.17, 15) is 0 Å². The van der Waals surface area contributed by atoms with Crippen LogP contribution in [0.1, 0.15) is 5.56 Å². The van der Waals surface area contributed by atoms with Crippen LogP contribution in [0.5, 0.6) is 5.75 Å². The van der Waals surface area contributed by atoms with E-state index < -0.39 is 0 Å². The largest absolute Gasteiger partial charge is 0.488 e. The van der Waals surface area contributed by atoms with Crippen molar-refractivity contribution in [1.82, 2.24) is 0 Å². The standard InChI is InChI=1S/C11H13BrClNO/c12-10-8-9(4-6-14)2-3-11(10)15-7-1-5-13/h1-3,5,8H,4,6-7,14H2. The maximum absolute atomic E-state index is 5.48. The third kappa shape index (κ3) is 4.24. The average Bonchev–Trinajstić information content (AvgIpc) is 2.22. The first-order valence-corrected chi connectivity index (χ1v) is 5.87. The number of hydrogen-bond donors (Lipinski definition) is 1. The third-order valence-corrected chi connectivity index (χ3v) is 2.65. The minimum absolute atomic E-state index is 0.471. The summed E-state index contributed by atoms with van der Waals surface area (Å²) >= 11 is 8.83. The minimum Gasteiger partial charge on any atom is -0.488 e. The minimum atomic E-state index is 0.471. The van der Waals surface area contributed by atoms with Gasteiger partial charge in [0.25, 0.3) is 0 Å². The molecule has 0 aliphatic carbocycles. The Hall–Kier alpha value is -0.510. The lowest BCUT2D eigenvalue weighted by atomic mass is 10.1. The predicted molar refractivity (Wildman–Crippen MR) is 67.4 cm³/mol. The van der Waals surface area contributed by atoms with E-state index in [1.165, 1.54) is 11.1 Å². The Balaban J connectivity index is 2.65. The van der Waals surface area contributed by atoms with Crippen LogP contribution >= 0.6 is 27.5 Å². The Kier molecular flexibility index (Phi) is 5.76. The first kappa shape index (κ1) is 12.6. The molecular weight excluding hydrogens is 277 g/mol. The molecule has 1 aromatic rings. The van der Waals surface area contributed by atoms with E-state index in [1.807, 2.05) is 18.2 Å². The summed E-state index contributed by atoms with van der Waals surface area (Å²) in [6, 6.07) is 5.96. The highest BCUT2D eigenvalue weighted by Crippen LogP contribution is 2.26. The highest BCUT2D eigenvalue weighted by molar-refractivity contribution is 9.10. The zero-order valence-electron chi connectivity index (χ0n) is 8.25. The fraction of sp³-hybridized carbons (Fsp3) is 0.273. The second-order valence-corrected chi connectivity index (χ2v) is 4.08. The molecule has 82 valence electrons. The number of nitrogens with two attached hydrogens (primary N) is 1. The Labute approximate surface area is 103 Å². The first-order chi connectivity index (χ1) is 7.27. The Bertz CT molecular complexity index is 341. The summed E-state index contributed by atoms with van der Waals surface area (Å²) in [6.45, 7) is 1.12. The van der Waals surface area contributed by atoms with Crippen LogP contribution in [0.2, 0.25) is 0 Å². The SMILES string of the molecule is NCCc1ccc(OCC=CCl)c(Br)c1. The van der Waals surface area contributed by atoms with Crippen LogP contribution < -0.4 is 10.5 Å². The molecule has 0 atom stereocenters. The monoisotopic (exact) mass is 289 g/mol. The van der Waals surface area contributed by atoms with E-state index in [-0.39, 0.29) is 0 Å². The van der Waals surface area contributed by atoms with Crippen molar-refractivity contribution in [2.45, 2.75) is 6.42 Å². The zero-order valence-corrected chi connectivity index (χ0v) is 10.6. The van der Waals surface area contributed by atoms with Gasteiger partial charge in [-0.2, -0.15) is 0 Å². The quantitative estimate of drug-likeness (QED) is 0.904. The van der Waals surface area contributed by atoms with Gasteiger partial charge in [0.2, 0.25) is 0 Å². The molecule has 2 nitrogen and oxygen atoms in total. The molecule has 0 aliphatic rings. The zero-order chi connectivity index (χ0) is 11.1. The average molecular weight is 291 g/mol. The molecule has 0 aromatic heterocycles. The van der Waals surface area contributed by atoms with E-state index in [2.05, 4.69) is 15.9 Å². The Morgan fingerprint density at radius 1 is 1.47 bits per heavy atom. The lowest BCUT2D eigenvalue weighted by Gasteiger charge is -2.07. The van der Waals surface area contributed by atoms with Crippen molar-refractivity contribution in [3.05, 3.63) is 39.8 Å². The summed E-state index contributed by atoms with van der Waals surface area (Å²) in [6.07, 6.45) is 2.61. The molecule has 0 saturated carbocycles. The predicted octanol–water partition coefficient (Wildman–Crippen LogP) is 3.08. The van der Waals surface area contributed by atoms with Gasteiger partial charge in [-0.3, -0.25) is 0 Å². The van der Waals surface area contributed by atoms with E-state index >= 15 is 0 Å². The Morgan fingerprint density at radius 2 is 2.27 bits per heavy atom. The van der Waals surface area contributed by atoms with Gasteiger partial charge >= 0.3 is 0 Å². The molecule has 0 saturated heterocycles. The third-order valence-electron chi connectivity index (χ3n) is 1.85. The summed E-state index contributed by atoms with van der Waals surface area (Å²) < 4.78 is 6.40. The normalized spacial score (nSPS) is 10.9. The summed E-state index contributed by atoms with van der Waals surface area (Å²) in [5.41, 5.74) is 8.12. The number of benzene rings is 1. The number of hydrogen-bond acceptors (Lipinski definition) is 2. The molecule has 0 bridgehead atoms. The molecule has 0 fully saturated rings. The van der Waals surface area contributed by atoms with Crippen LogP contribution in [0.3, 0.4) is 0 Å². The lowest BCUT2D eigenvalue weighted by molar-refractivity contribution is 0.360. The van der Waals surface area contributed by atoms with Gasteiger partial charge in [0.1, 0.15) is 12.4 Å². The topological polar surface area (TPSA) is 35.2 Å². The number of rotatable bonds is 5. The fourth-order valence-corrected chi connectivity index (χ4v) is 1.77. The highest BCUT2D eigenvalue weighted by Gasteiger charge is 2.01. The van der Waals surface area contributed by atoms with Crippen molar-refractivity contribution < 1.29 is 4.74 Å². The molecule has 1 aromatic carbocycles. The molecule has 0 radical (unpaired) electrons. The molecule has 0 spiro atoms. The van der Waals surface area contributed by atoms with Crippen LogP contribution in [0.4, 0.5) is 0 Å².